The highest BCUT2D eigenvalue weighted by Gasteiger charge is 2.29. The Hall–Kier alpha value is -2.12. The fourth-order valence-corrected chi connectivity index (χ4v) is 4.49. The van der Waals surface area contributed by atoms with E-state index in [4.69, 9.17) is 4.42 Å². The maximum Gasteiger partial charge on any atom is 0.263 e. The molecular weight excluding hydrogens is 374 g/mol. The number of hydrogen-bond acceptors (Lipinski definition) is 5. The number of amides is 2. The molecule has 28 heavy (non-hydrogen) atoms. The van der Waals surface area contributed by atoms with Crippen LogP contribution in [0, 0.1) is 5.92 Å². The molecule has 2 aromatic heterocycles. The number of nitrogens with one attached hydrogen (secondary N) is 1. The lowest BCUT2D eigenvalue weighted by molar-refractivity contribution is -0.126. The van der Waals surface area contributed by atoms with Crippen LogP contribution in [-0.2, 0) is 4.79 Å². The first-order valence-corrected chi connectivity index (χ1v) is 10.9. The molecule has 0 saturated carbocycles. The van der Waals surface area contributed by atoms with Crippen LogP contribution in [-0.4, -0.2) is 54.3 Å². The van der Waals surface area contributed by atoms with Crippen LogP contribution in [0.2, 0.25) is 0 Å². The quantitative estimate of drug-likeness (QED) is 0.734. The van der Waals surface area contributed by atoms with Crippen LogP contribution in [0.15, 0.2) is 40.3 Å². The molecule has 1 saturated heterocycles. The van der Waals surface area contributed by atoms with Gasteiger partial charge in [-0.25, -0.2) is 0 Å². The summed E-state index contributed by atoms with van der Waals surface area (Å²) in [5.41, 5.74) is 0. The smallest absolute Gasteiger partial charge is 0.263 e. The van der Waals surface area contributed by atoms with Crippen LogP contribution in [0.3, 0.4) is 0 Å². The van der Waals surface area contributed by atoms with Crippen molar-refractivity contribution in [1.82, 2.24) is 15.1 Å². The van der Waals surface area contributed by atoms with Gasteiger partial charge in [-0.05, 0) is 49.5 Å². The van der Waals surface area contributed by atoms with Gasteiger partial charge in [-0.3, -0.25) is 14.5 Å². The van der Waals surface area contributed by atoms with Crippen LogP contribution in [0.5, 0.6) is 0 Å². The number of piperidine rings is 1. The minimum absolute atomic E-state index is 0.0365. The van der Waals surface area contributed by atoms with Gasteiger partial charge in [-0.15, -0.1) is 11.3 Å². The first kappa shape index (κ1) is 20.6. The van der Waals surface area contributed by atoms with Crippen LogP contribution in [0.25, 0.3) is 0 Å². The molecule has 1 N–H and O–H groups in total. The Morgan fingerprint density at radius 1 is 1.25 bits per heavy atom. The standard InChI is InChI=1S/C21H29N3O3S/c1-3-23(4-2)17(18-7-5-13-27-18)15-22-20(25)16-9-11-24(12-10-16)21(26)19-8-6-14-28-19/h5-8,13-14,16-17H,3-4,9-12,15H2,1-2H3,(H,22,25). The van der Waals surface area contributed by atoms with Crippen LogP contribution >= 0.6 is 11.3 Å². The zero-order chi connectivity index (χ0) is 19.9. The minimum Gasteiger partial charge on any atom is -0.468 e. The lowest BCUT2D eigenvalue weighted by atomic mass is 9.95. The summed E-state index contributed by atoms with van der Waals surface area (Å²) in [5, 5.41) is 5.03. The van der Waals surface area contributed by atoms with Crippen LogP contribution in [0.1, 0.15) is 48.2 Å². The summed E-state index contributed by atoms with van der Waals surface area (Å²) in [6, 6.07) is 7.63. The first-order valence-electron chi connectivity index (χ1n) is 10.0. The first-order chi connectivity index (χ1) is 13.6. The Kier molecular flexibility index (Phi) is 7.28. The van der Waals surface area contributed by atoms with Gasteiger partial charge >= 0.3 is 0 Å². The maximum absolute atomic E-state index is 12.7. The number of furan rings is 1. The maximum atomic E-state index is 12.7. The van der Waals surface area contributed by atoms with Crippen molar-refractivity contribution in [3.05, 3.63) is 46.5 Å². The van der Waals surface area contributed by atoms with Gasteiger partial charge in [-0.2, -0.15) is 0 Å². The van der Waals surface area contributed by atoms with Crippen molar-refractivity contribution in [2.75, 3.05) is 32.7 Å². The van der Waals surface area contributed by atoms with Gasteiger partial charge in [0.05, 0.1) is 17.2 Å². The predicted molar refractivity (Wildman–Crippen MR) is 110 cm³/mol. The molecule has 2 amide bonds. The largest absolute Gasteiger partial charge is 0.468 e. The molecule has 0 spiro atoms. The molecule has 1 fully saturated rings. The van der Waals surface area contributed by atoms with E-state index in [1.54, 1.807) is 6.26 Å². The second-order valence-corrected chi connectivity index (χ2v) is 7.99. The normalized spacial score (nSPS) is 16.3. The molecule has 7 heteroatoms. The van der Waals surface area contributed by atoms with Crippen molar-refractivity contribution in [1.29, 1.82) is 0 Å². The van der Waals surface area contributed by atoms with E-state index in [0.717, 1.165) is 23.7 Å². The summed E-state index contributed by atoms with van der Waals surface area (Å²) in [5.74, 6) is 0.988. The molecule has 0 aliphatic carbocycles. The number of likely N-dealkylation sites (N-methyl/N-ethyl adjacent to an activating group) is 1. The van der Waals surface area contributed by atoms with E-state index >= 15 is 0 Å². The van der Waals surface area contributed by atoms with Crippen molar-refractivity contribution in [3.8, 4) is 0 Å². The van der Waals surface area contributed by atoms with Gasteiger partial charge in [0.25, 0.3) is 5.91 Å². The number of carbonyl (C=O) groups is 2. The highest BCUT2D eigenvalue weighted by molar-refractivity contribution is 7.12. The van der Waals surface area contributed by atoms with E-state index in [1.807, 2.05) is 34.5 Å². The van der Waals surface area contributed by atoms with Gasteiger partial charge in [0, 0.05) is 25.6 Å². The molecule has 6 nitrogen and oxygen atoms in total. The lowest BCUT2D eigenvalue weighted by Gasteiger charge is -2.32. The lowest BCUT2D eigenvalue weighted by Crippen LogP contribution is -2.44. The van der Waals surface area contributed by atoms with Crippen molar-refractivity contribution < 1.29 is 14.0 Å². The number of thiophene rings is 1. The Morgan fingerprint density at radius 3 is 2.57 bits per heavy atom. The molecule has 0 radical (unpaired) electrons. The molecule has 1 unspecified atom stereocenters. The third kappa shape index (κ3) is 4.83. The summed E-state index contributed by atoms with van der Waals surface area (Å²) < 4.78 is 5.60. The predicted octanol–water partition coefficient (Wildman–Crippen LogP) is 3.39. The molecule has 3 heterocycles. The number of hydrogen-bond donors (Lipinski definition) is 1. The van der Waals surface area contributed by atoms with Crippen LogP contribution < -0.4 is 5.32 Å². The van der Waals surface area contributed by atoms with E-state index in [9.17, 15) is 9.59 Å². The van der Waals surface area contributed by atoms with Gasteiger partial charge in [0.1, 0.15) is 5.76 Å². The SMILES string of the molecule is CCN(CC)C(CNC(=O)C1CCN(C(=O)c2cccs2)CC1)c1ccco1. The highest BCUT2D eigenvalue weighted by atomic mass is 32.1. The number of rotatable bonds is 8. The van der Waals surface area contributed by atoms with Crippen molar-refractivity contribution >= 4 is 23.2 Å². The highest BCUT2D eigenvalue weighted by Crippen LogP contribution is 2.23. The number of nitrogens with zero attached hydrogens (tertiary/aromatic N) is 2. The number of likely N-dealkylation sites (tertiary alicyclic amines) is 1. The molecule has 2 aromatic rings. The monoisotopic (exact) mass is 403 g/mol. The summed E-state index contributed by atoms with van der Waals surface area (Å²) in [6.45, 7) is 7.80. The molecule has 0 bridgehead atoms. The zero-order valence-corrected chi connectivity index (χ0v) is 17.4. The topological polar surface area (TPSA) is 65.8 Å². The van der Waals surface area contributed by atoms with Gasteiger partial charge in [-0.1, -0.05) is 19.9 Å². The summed E-state index contributed by atoms with van der Waals surface area (Å²) in [4.78, 5) is 30.1. The summed E-state index contributed by atoms with van der Waals surface area (Å²) in [6.07, 6.45) is 3.09. The zero-order valence-electron chi connectivity index (χ0n) is 16.6. The van der Waals surface area contributed by atoms with E-state index < -0.39 is 0 Å². The van der Waals surface area contributed by atoms with E-state index in [-0.39, 0.29) is 23.8 Å². The fraction of sp³-hybridized carbons (Fsp3) is 0.524. The molecule has 1 atom stereocenters. The second kappa shape index (κ2) is 9.89. The summed E-state index contributed by atoms with van der Waals surface area (Å²) >= 11 is 1.46. The number of carbonyl (C=O) groups excluding carboxylic acids is 2. The van der Waals surface area contributed by atoms with Crippen molar-refractivity contribution in [3.63, 3.8) is 0 Å². The van der Waals surface area contributed by atoms with Crippen LogP contribution in [0.4, 0.5) is 0 Å². The summed E-state index contributed by atoms with van der Waals surface area (Å²) in [7, 11) is 0. The van der Waals surface area contributed by atoms with E-state index in [2.05, 4.69) is 24.1 Å². The van der Waals surface area contributed by atoms with Crippen molar-refractivity contribution in [2.45, 2.75) is 32.7 Å². The van der Waals surface area contributed by atoms with Crippen molar-refractivity contribution in [2.24, 2.45) is 5.92 Å². The third-order valence-corrected chi connectivity index (χ3v) is 6.34. The van der Waals surface area contributed by atoms with Gasteiger partial charge < -0.3 is 14.6 Å². The third-order valence-electron chi connectivity index (χ3n) is 5.48. The average Bonchev–Trinajstić information content (AvgIpc) is 3.44. The van der Waals surface area contributed by atoms with Gasteiger partial charge in [0.2, 0.25) is 5.91 Å². The van der Waals surface area contributed by atoms with Gasteiger partial charge in [0.15, 0.2) is 0 Å². The molecule has 1 aliphatic heterocycles. The van der Waals surface area contributed by atoms with E-state index in [1.165, 1.54) is 11.3 Å². The Morgan fingerprint density at radius 2 is 2.00 bits per heavy atom. The second-order valence-electron chi connectivity index (χ2n) is 7.04. The fourth-order valence-electron chi connectivity index (χ4n) is 3.80. The molecule has 1 aliphatic rings. The Bertz CT molecular complexity index is 733. The average molecular weight is 404 g/mol. The minimum atomic E-state index is -0.0404. The van der Waals surface area contributed by atoms with E-state index in [0.29, 0.717) is 32.5 Å². The molecular formula is C21H29N3O3S. The Labute approximate surface area is 170 Å². The molecule has 152 valence electrons. The Balaban J connectivity index is 1.51. The molecule has 3 rings (SSSR count). The molecule has 0 aromatic carbocycles.